The zero-order valence-corrected chi connectivity index (χ0v) is 12.3. The van der Waals surface area contributed by atoms with E-state index in [1.807, 2.05) is 0 Å². The van der Waals surface area contributed by atoms with Crippen molar-refractivity contribution in [3.8, 4) is 11.5 Å². The topological polar surface area (TPSA) is 70.6 Å². The van der Waals surface area contributed by atoms with Gasteiger partial charge in [-0.25, -0.2) is 0 Å². The Morgan fingerprint density at radius 1 is 1.38 bits per heavy atom. The molecule has 3 rings (SSSR count). The van der Waals surface area contributed by atoms with Crippen LogP contribution in [0.1, 0.15) is 32.1 Å². The number of hydrogen-bond acceptors (Lipinski definition) is 4. The van der Waals surface area contributed by atoms with E-state index in [4.69, 9.17) is 4.74 Å². The van der Waals surface area contributed by atoms with E-state index < -0.39 is 0 Å². The molecule has 2 bridgehead atoms. The van der Waals surface area contributed by atoms with Gasteiger partial charge in [0.1, 0.15) is 0 Å². The Balaban J connectivity index is 1.55. The smallest absolute Gasteiger partial charge is 0.224 e. The largest absolute Gasteiger partial charge is 0.504 e. The van der Waals surface area contributed by atoms with Crippen LogP contribution in [0.2, 0.25) is 0 Å². The second-order valence-corrected chi connectivity index (χ2v) is 6.11. The molecular formula is C16H22N2O3. The fourth-order valence-corrected chi connectivity index (χ4v) is 3.58. The highest BCUT2D eigenvalue weighted by atomic mass is 16.5. The molecule has 2 unspecified atom stereocenters. The number of phenolic OH excluding ortho intramolecular Hbond substituents is 1. The third-order valence-electron chi connectivity index (χ3n) is 4.51. The first kappa shape index (κ1) is 14.2. The number of amides is 1. The summed E-state index contributed by atoms with van der Waals surface area (Å²) in [4.78, 5) is 12.1. The third-order valence-corrected chi connectivity index (χ3v) is 4.51. The number of methoxy groups -OCH3 is 1. The monoisotopic (exact) mass is 290 g/mol. The number of phenols is 1. The average Bonchev–Trinajstić information content (AvgIpc) is 2.78. The van der Waals surface area contributed by atoms with Crippen molar-refractivity contribution >= 4 is 11.6 Å². The Morgan fingerprint density at radius 3 is 2.71 bits per heavy atom. The number of carbonyl (C=O) groups excluding carboxylic acids is 1. The quantitative estimate of drug-likeness (QED) is 0.795. The van der Waals surface area contributed by atoms with Crippen LogP contribution < -0.4 is 15.4 Å². The molecule has 0 spiro atoms. The van der Waals surface area contributed by atoms with Crippen LogP contribution in [0.5, 0.6) is 11.5 Å². The van der Waals surface area contributed by atoms with Crippen molar-refractivity contribution in [2.24, 2.45) is 5.92 Å². The summed E-state index contributed by atoms with van der Waals surface area (Å²) in [6.07, 6.45) is 5.24. The first-order chi connectivity index (χ1) is 10.1. The van der Waals surface area contributed by atoms with E-state index in [9.17, 15) is 9.90 Å². The van der Waals surface area contributed by atoms with Gasteiger partial charge in [0.05, 0.1) is 7.11 Å². The molecule has 3 N–H and O–H groups in total. The van der Waals surface area contributed by atoms with Crippen molar-refractivity contribution in [1.82, 2.24) is 5.32 Å². The fraction of sp³-hybridized carbons (Fsp3) is 0.562. The molecule has 0 aliphatic carbocycles. The van der Waals surface area contributed by atoms with E-state index in [1.165, 1.54) is 26.0 Å². The predicted molar refractivity (Wildman–Crippen MR) is 80.6 cm³/mol. The van der Waals surface area contributed by atoms with Crippen molar-refractivity contribution in [1.29, 1.82) is 0 Å². The van der Waals surface area contributed by atoms with Crippen LogP contribution in [0, 0.1) is 5.92 Å². The van der Waals surface area contributed by atoms with Crippen molar-refractivity contribution in [2.45, 2.75) is 44.2 Å². The van der Waals surface area contributed by atoms with E-state index in [2.05, 4.69) is 10.6 Å². The van der Waals surface area contributed by atoms with Gasteiger partial charge in [0.25, 0.3) is 0 Å². The van der Waals surface area contributed by atoms with Gasteiger partial charge in [0, 0.05) is 30.3 Å². The summed E-state index contributed by atoms with van der Waals surface area (Å²) in [5, 5.41) is 16.2. The Kier molecular flexibility index (Phi) is 4.01. The van der Waals surface area contributed by atoms with Gasteiger partial charge in [0.15, 0.2) is 11.5 Å². The molecule has 2 fully saturated rings. The Hall–Kier alpha value is -1.75. The van der Waals surface area contributed by atoms with E-state index in [-0.39, 0.29) is 11.7 Å². The van der Waals surface area contributed by atoms with Gasteiger partial charge >= 0.3 is 0 Å². The minimum absolute atomic E-state index is 0.0193. The summed E-state index contributed by atoms with van der Waals surface area (Å²) in [5.74, 6) is 0.930. The molecule has 21 heavy (non-hydrogen) atoms. The molecule has 1 aromatic rings. The highest BCUT2D eigenvalue weighted by Gasteiger charge is 2.34. The lowest BCUT2D eigenvalue weighted by molar-refractivity contribution is -0.117. The summed E-state index contributed by atoms with van der Waals surface area (Å²) >= 11 is 0. The van der Waals surface area contributed by atoms with E-state index >= 15 is 0 Å². The number of piperidine rings is 1. The Bertz CT molecular complexity index is 520. The first-order valence-corrected chi connectivity index (χ1v) is 7.57. The maximum atomic E-state index is 12.1. The summed E-state index contributed by atoms with van der Waals surface area (Å²) in [6.45, 7) is 0. The van der Waals surface area contributed by atoms with E-state index in [1.54, 1.807) is 12.1 Å². The van der Waals surface area contributed by atoms with Crippen LogP contribution in [0.3, 0.4) is 0 Å². The zero-order chi connectivity index (χ0) is 14.8. The molecule has 5 heteroatoms. The molecule has 114 valence electrons. The highest BCUT2D eigenvalue weighted by molar-refractivity contribution is 5.91. The van der Waals surface area contributed by atoms with Crippen molar-refractivity contribution in [3.63, 3.8) is 0 Å². The Labute approximate surface area is 124 Å². The van der Waals surface area contributed by atoms with E-state index in [0.717, 1.165) is 12.8 Å². The Morgan fingerprint density at radius 2 is 2.10 bits per heavy atom. The number of aromatic hydroxyl groups is 1. The number of rotatable bonds is 4. The van der Waals surface area contributed by atoms with Crippen molar-refractivity contribution in [2.75, 3.05) is 12.4 Å². The molecule has 0 saturated carbocycles. The number of hydrogen-bond donors (Lipinski definition) is 3. The van der Waals surface area contributed by atoms with E-state index in [0.29, 0.717) is 35.9 Å². The van der Waals surface area contributed by atoms with Crippen LogP contribution in [0.25, 0.3) is 0 Å². The van der Waals surface area contributed by atoms with Gasteiger partial charge in [-0.2, -0.15) is 0 Å². The van der Waals surface area contributed by atoms with Crippen LogP contribution >= 0.6 is 0 Å². The molecule has 5 nitrogen and oxygen atoms in total. The summed E-state index contributed by atoms with van der Waals surface area (Å²) in [7, 11) is 1.50. The number of nitrogens with one attached hydrogen (secondary N) is 2. The van der Waals surface area contributed by atoms with Gasteiger partial charge in [-0.15, -0.1) is 0 Å². The maximum absolute atomic E-state index is 12.1. The normalized spacial score (nSPS) is 27.4. The molecule has 0 radical (unpaired) electrons. The first-order valence-electron chi connectivity index (χ1n) is 7.57. The zero-order valence-electron chi connectivity index (χ0n) is 12.3. The molecule has 2 atom stereocenters. The molecule has 2 heterocycles. The summed E-state index contributed by atoms with van der Waals surface area (Å²) < 4.78 is 4.99. The number of benzene rings is 1. The molecule has 0 aromatic heterocycles. The fourth-order valence-electron chi connectivity index (χ4n) is 3.58. The van der Waals surface area contributed by atoms with Gasteiger partial charge in [-0.1, -0.05) is 0 Å². The van der Waals surface area contributed by atoms with Crippen LogP contribution in [-0.4, -0.2) is 30.2 Å². The lowest BCUT2D eigenvalue weighted by Crippen LogP contribution is -2.39. The number of fused-ring (bicyclic) bond motifs is 2. The SMILES string of the molecule is COc1ccc(NC(=O)CC2CC3CCC(C2)N3)cc1O. The van der Waals surface area contributed by atoms with Gasteiger partial charge in [0.2, 0.25) is 5.91 Å². The highest BCUT2D eigenvalue weighted by Crippen LogP contribution is 2.33. The third kappa shape index (κ3) is 3.29. The maximum Gasteiger partial charge on any atom is 0.224 e. The van der Waals surface area contributed by atoms with Crippen LogP contribution in [0.4, 0.5) is 5.69 Å². The molecule has 1 amide bonds. The summed E-state index contributed by atoms with van der Waals surface area (Å²) in [6, 6.07) is 6.11. The predicted octanol–water partition coefficient (Wildman–Crippen LogP) is 2.26. The van der Waals surface area contributed by atoms with Gasteiger partial charge < -0.3 is 20.5 Å². The lowest BCUT2D eigenvalue weighted by atomic mass is 9.89. The van der Waals surface area contributed by atoms with Crippen LogP contribution in [-0.2, 0) is 4.79 Å². The number of carbonyl (C=O) groups is 1. The average molecular weight is 290 g/mol. The number of ether oxygens (including phenoxy) is 1. The summed E-state index contributed by atoms with van der Waals surface area (Å²) in [5.41, 5.74) is 0.607. The van der Waals surface area contributed by atoms with Gasteiger partial charge in [-0.3, -0.25) is 4.79 Å². The number of anilines is 1. The molecular weight excluding hydrogens is 268 g/mol. The molecule has 1 aromatic carbocycles. The minimum Gasteiger partial charge on any atom is -0.504 e. The lowest BCUT2D eigenvalue weighted by Gasteiger charge is -2.28. The molecule has 2 aliphatic heterocycles. The van der Waals surface area contributed by atoms with Gasteiger partial charge in [-0.05, 0) is 43.7 Å². The minimum atomic E-state index is 0.0193. The molecule has 2 saturated heterocycles. The van der Waals surface area contributed by atoms with Crippen LogP contribution in [0.15, 0.2) is 18.2 Å². The second kappa shape index (κ2) is 5.93. The second-order valence-electron chi connectivity index (χ2n) is 6.11. The standard InChI is InChI=1S/C16H22N2O3/c1-21-15-5-4-13(9-14(15)19)18-16(20)8-10-6-11-2-3-12(7-10)17-11/h4-5,9-12,17,19H,2-3,6-8H2,1H3,(H,18,20). The van der Waals surface area contributed by atoms with Crippen molar-refractivity contribution in [3.05, 3.63) is 18.2 Å². The molecule has 2 aliphatic rings. The van der Waals surface area contributed by atoms with Crippen molar-refractivity contribution < 1.29 is 14.6 Å².